The monoisotopic (exact) mass is 360 g/mol. The number of carbonyl (C=O) groups excluding carboxylic acids is 1. The lowest BCUT2D eigenvalue weighted by molar-refractivity contribution is 0.214. The number of hydrogen-bond donors (Lipinski definition) is 1. The third kappa shape index (κ3) is 3.55. The van der Waals surface area contributed by atoms with Crippen molar-refractivity contribution in [3.8, 4) is 0 Å². The molecule has 126 valence electrons. The van der Waals surface area contributed by atoms with Crippen LogP contribution in [0.3, 0.4) is 0 Å². The van der Waals surface area contributed by atoms with E-state index in [0.717, 1.165) is 23.5 Å². The highest BCUT2D eigenvalue weighted by Gasteiger charge is 2.31. The number of benzene rings is 2. The molecule has 1 atom stereocenters. The number of nitrogens with one attached hydrogen (secondary N) is 1. The summed E-state index contributed by atoms with van der Waals surface area (Å²) in [6.07, 6.45) is 0. The Hall–Kier alpha value is -1.65. The van der Waals surface area contributed by atoms with Crippen LogP contribution < -0.4 is 5.32 Å². The van der Waals surface area contributed by atoms with E-state index in [9.17, 15) is 4.79 Å². The predicted octanol–water partition coefficient (Wildman–Crippen LogP) is 5.54. The van der Waals surface area contributed by atoms with Crippen LogP contribution in [0.4, 0.5) is 10.5 Å². The zero-order chi connectivity index (χ0) is 17.3. The molecule has 3 nitrogen and oxygen atoms in total. The highest BCUT2D eigenvalue weighted by atomic mass is 35.5. The average Bonchev–Trinajstić information content (AvgIpc) is 3.00. The number of halogens is 1. The average molecular weight is 361 g/mol. The number of thioether (sulfide) groups is 1. The minimum Gasteiger partial charge on any atom is -0.308 e. The Morgan fingerprint density at radius 2 is 1.96 bits per heavy atom. The van der Waals surface area contributed by atoms with Crippen LogP contribution in [0, 0.1) is 20.8 Å². The lowest BCUT2D eigenvalue weighted by Gasteiger charge is -2.26. The summed E-state index contributed by atoms with van der Waals surface area (Å²) in [4.78, 5) is 14.6. The van der Waals surface area contributed by atoms with Crippen molar-refractivity contribution in [1.82, 2.24) is 4.90 Å². The molecule has 0 saturated carbocycles. The van der Waals surface area contributed by atoms with Gasteiger partial charge < -0.3 is 10.2 Å². The Kier molecular flexibility index (Phi) is 5.07. The van der Waals surface area contributed by atoms with Gasteiger partial charge in [-0.05, 0) is 49.6 Å². The summed E-state index contributed by atoms with van der Waals surface area (Å²) in [7, 11) is 0. The van der Waals surface area contributed by atoms with Gasteiger partial charge in [-0.2, -0.15) is 0 Å². The summed E-state index contributed by atoms with van der Waals surface area (Å²) in [6.45, 7) is 6.89. The zero-order valence-electron chi connectivity index (χ0n) is 14.1. The van der Waals surface area contributed by atoms with Crippen LogP contribution in [0.5, 0.6) is 0 Å². The van der Waals surface area contributed by atoms with Crippen LogP contribution in [0.2, 0.25) is 5.02 Å². The Labute approximate surface area is 152 Å². The smallest absolute Gasteiger partial charge is 0.308 e. The maximum Gasteiger partial charge on any atom is 0.323 e. The summed E-state index contributed by atoms with van der Waals surface area (Å²) in [5.41, 5.74) is 5.40. The minimum atomic E-state index is -0.0788. The van der Waals surface area contributed by atoms with Crippen molar-refractivity contribution in [2.75, 3.05) is 17.6 Å². The zero-order valence-corrected chi connectivity index (χ0v) is 15.7. The molecule has 1 aliphatic rings. The van der Waals surface area contributed by atoms with E-state index in [2.05, 4.69) is 37.4 Å². The van der Waals surface area contributed by atoms with Gasteiger partial charge in [-0.15, -0.1) is 11.8 Å². The van der Waals surface area contributed by atoms with Gasteiger partial charge in [0.15, 0.2) is 0 Å². The molecule has 2 amide bonds. The van der Waals surface area contributed by atoms with Crippen molar-refractivity contribution in [3.63, 3.8) is 0 Å². The van der Waals surface area contributed by atoms with Crippen LogP contribution in [0.1, 0.15) is 27.6 Å². The summed E-state index contributed by atoms with van der Waals surface area (Å²) in [6, 6.07) is 11.9. The molecule has 1 saturated heterocycles. The standard InChI is InChI=1S/C19H21ClN2OS/c1-12-4-7-16(14(3)10-12)18-22(8-9-24-18)19(23)21-15-6-5-13(2)17(20)11-15/h4-7,10-11,18H,8-9H2,1-3H3,(H,21,23). The first-order chi connectivity index (χ1) is 11.5. The Bertz CT molecular complexity index is 778. The van der Waals surface area contributed by atoms with E-state index in [1.54, 1.807) is 6.07 Å². The normalized spacial score (nSPS) is 17.2. The minimum absolute atomic E-state index is 0.0616. The van der Waals surface area contributed by atoms with Crippen molar-refractivity contribution >= 4 is 35.1 Å². The molecule has 0 radical (unpaired) electrons. The van der Waals surface area contributed by atoms with Gasteiger partial charge in [-0.25, -0.2) is 4.79 Å². The fourth-order valence-corrected chi connectivity index (χ4v) is 4.44. The lowest BCUT2D eigenvalue weighted by atomic mass is 10.1. The van der Waals surface area contributed by atoms with Crippen molar-refractivity contribution in [2.45, 2.75) is 26.1 Å². The van der Waals surface area contributed by atoms with Gasteiger partial charge in [0.1, 0.15) is 5.37 Å². The number of rotatable bonds is 2. The largest absolute Gasteiger partial charge is 0.323 e. The number of urea groups is 1. The van der Waals surface area contributed by atoms with Crippen LogP contribution >= 0.6 is 23.4 Å². The molecule has 2 aromatic carbocycles. The van der Waals surface area contributed by atoms with Gasteiger partial charge in [-0.1, -0.05) is 41.4 Å². The van der Waals surface area contributed by atoms with Crippen LogP contribution in [-0.4, -0.2) is 23.2 Å². The third-order valence-electron chi connectivity index (χ3n) is 4.27. The van der Waals surface area contributed by atoms with E-state index in [-0.39, 0.29) is 11.4 Å². The molecule has 5 heteroatoms. The third-order valence-corrected chi connectivity index (χ3v) is 5.92. The highest BCUT2D eigenvalue weighted by molar-refractivity contribution is 7.99. The molecule has 1 unspecified atom stereocenters. The van der Waals surface area contributed by atoms with Crippen LogP contribution in [-0.2, 0) is 0 Å². The second-order valence-electron chi connectivity index (χ2n) is 6.17. The first-order valence-electron chi connectivity index (χ1n) is 7.98. The molecule has 0 aromatic heterocycles. The fourth-order valence-electron chi connectivity index (χ4n) is 2.90. The molecular formula is C19H21ClN2OS. The van der Waals surface area contributed by atoms with Crippen LogP contribution in [0.25, 0.3) is 0 Å². The predicted molar refractivity (Wildman–Crippen MR) is 103 cm³/mol. The van der Waals surface area contributed by atoms with E-state index in [1.807, 2.05) is 35.7 Å². The van der Waals surface area contributed by atoms with Gasteiger partial charge in [0.2, 0.25) is 0 Å². The van der Waals surface area contributed by atoms with E-state index in [1.165, 1.54) is 16.7 Å². The van der Waals surface area contributed by atoms with Crippen molar-refractivity contribution in [3.05, 3.63) is 63.7 Å². The highest BCUT2D eigenvalue weighted by Crippen LogP contribution is 2.39. The van der Waals surface area contributed by atoms with E-state index >= 15 is 0 Å². The van der Waals surface area contributed by atoms with Gasteiger partial charge >= 0.3 is 6.03 Å². The van der Waals surface area contributed by atoms with Crippen molar-refractivity contribution in [2.24, 2.45) is 0 Å². The lowest BCUT2D eigenvalue weighted by Crippen LogP contribution is -2.34. The molecular weight excluding hydrogens is 340 g/mol. The van der Waals surface area contributed by atoms with Gasteiger partial charge in [0.25, 0.3) is 0 Å². The number of hydrogen-bond acceptors (Lipinski definition) is 2. The van der Waals surface area contributed by atoms with Crippen molar-refractivity contribution in [1.29, 1.82) is 0 Å². The summed E-state index contributed by atoms with van der Waals surface area (Å²) in [5, 5.41) is 3.69. The van der Waals surface area contributed by atoms with Crippen molar-refractivity contribution < 1.29 is 4.79 Å². The Balaban J connectivity index is 1.79. The molecule has 1 N–H and O–H groups in total. The Morgan fingerprint density at radius 3 is 2.67 bits per heavy atom. The molecule has 3 rings (SSSR count). The van der Waals surface area contributed by atoms with Gasteiger partial charge in [-0.3, -0.25) is 0 Å². The first kappa shape index (κ1) is 17.2. The number of aryl methyl sites for hydroxylation is 3. The summed E-state index contributed by atoms with van der Waals surface area (Å²) in [5.74, 6) is 0.945. The molecule has 1 heterocycles. The molecule has 0 spiro atoms. The van der Waals surface area contributed by atoms with E-state index < -0.39 is 0 Å². The topological polar surface area (TPSA) is 32.3 Å². The first-order valence-corrected chi connectivity index (χ1v) is 9.41. The van der Waals surface area contributed by atoms with Gasteiger partial charge in [0, 0.05) is 23.0 Å². The molecule has 2 aromatic rings. The number of anilines is 1. The van der Waals surface area contributed by atoms with E-state index in [0.29, 0.717) is 5.02 Å². The molecule has 0 aliphatic carbocycles. The molecule has 24 heavy (non-hydrogen) atoms. The number of amides is 2. The Morgan fingerprint density at radius 1 is 1.17 bits per heavy atom. The van der Waals surface area contributed by atoms with Gasteiger partial charge in [0.05, 0.1) is 0 Å². The second kappa shape index (κ2) is 7.08. The maximum atomic E-state index is 12.7. The summed E-state index contributed by atoms with van der Waals surface area (Å²) >= 11 is 7.96. The van der Waals surface area contributed by atoms with Crippen LogP contribution in [0.15, 0.2) is 36.4 Å². The quantitative estimate of drug-likeness (QED) is 0.762. The maximum absolute atomic E-state index is 12.7. The number of carbonyl (C=O) groups is 1. The molecule has 1 fully saturated rings. The molecule has 0 bridgehead atoms. The summed E-state index contributed by atoms with van der Waals surface area (Å²) < 4.78 is 0. The number of nitrogens with zero attached hydrogens (tertiary/aromatic N) is 1. The SMILES string of the molecule is Cc1ccc(C2SCCN2C(=O)Nc2ccc(C)c(Cl)c2)c(C)c1. The molecule has 1 aliphatic heterocycles. The fraction of sp³-hybridized carbons (Fsp3) is 0.316. The second-order valence-corrected chi connectivity index (χ2v) is 7.77. The van der Waals surface area contributed by atoms with E-state index in [4.69, 9.17) is 11.6 Å².